The van der Waals surface area contributed by atoms with Crippen LogP contribution in [0.2, 0.25) is 0 Å². The van der Waals surface area contributed by atoms with E-state index in [1.807, 2.05) is 7.05 Å². The molecule has 3 N–H and O–H groups in total. The molecule has 6 heteroatoms. The Labute approximate surface area is 99.3 Å². The second-order valence-electron chi connectivity index (χ2n) is 4.75. The molecule has 0 unspecified atom stereocenters. The lowest BCUT2D eigenvalue weighted by atomic mass is 9.91. The summed E-state index contributed by atoms with van der Waals surface area (Å²) in [5.74, 6) is 0. The first-order chi connectivity index (χ1) is 7.41. The van der Waals surface area contributed by atoms with E-state index in [1.165, 1.54) is 11.8 Å². The Morgan fingerprint density at radius 2 is 2.25 bits per heavy atom. The Balaban J connectivity index is 2.08. The molecule has 2 heterocycles. The first-order valence-corrected chi connectivity index (χ1v) is 6.28. The van der Waals surface area contributed by atoms with Crippen molar-refractivity contribution in [1.82, 2.24) is 5.32 Å². The molecule has 1 saturated heterocycles. The average Bonchev–Trinajstić information content (AvgIpc) is 2.56. The van der Waals surface area contributed by atoms with Crippen LogP contribution in [0.15, 0.2) is 4.99 Å². The van der Waals surface area contributed by atoms with Gasteiger partial charge in [0.15, 0.2) is 5.17 Å². The maximum atomic E-state index is 9.93. The molecule has 0 aliphatic carbocycles. The third kappa shape index (κ3) is 2.20. The van der Waals surface area contributed by atoms with Crippen LogP contribution in [0.1, 0.15) is 20.3 Å². The van der Waals surface area contributed by atoms with Gasteiger partial charge in [-0.25, -0.2) is 0 Å². The molecule has 2 rings (SSSR count). The highest BCUT2D eigenvalue weighted by Gasteiger charge is 2.46. The van der Waals surface area contributed by atoms with Gasteiger partial charge in [-0.1, -0.05) is 11.8 Å². The van der Waals surface area contributed by atoms with Gasteiger partial charge in [-0.05, 0) is 13.8 Å². The van der Waals surface area contributed by atoms with Crippen molar-refractivity contribution in [2.45, 2.75) is 49.6 Å². The highest BCUT2D eigenvalue weighted by molar-refractivity contribution is 8.14. The van der Waals surface area contributed by atoms with Crippen molar-refractivity contribution in [1.29, 1.82) is 0 Å². The largest absolute Gasteiger partial charge is 0.390 e. The second-order valence-corrected chi connectivity index (χ2v) is 5.84. The summed E-state index contributed by atoms with van der Waals surface area (Å²) in [6, 6.07) is -0.0129. The molecule has 5 nitrogen and oxygen atoms in total. The zero-order chi connectivity index (χ0) is 11.9. The third-order valence-electron chi connectivity index (χ3n) is 2.85. The lowest BCUT2D eigenvalue weighted by Gasteiger charge is -2.40. The SMILES string of the molecule is CNC1=N[C@@H]2C[C@H](O)[C@@H](C(C)(C)O)O[C@@H]2S1. The highest BCUT2D eigenvalue weighted by atomic mass is 32.2. The fourth-order valence-electron chi connectivity index (χ4n) is 2.08. The number of hydrogen-bond acceptors (Lipinski definition) is 6. The Bertz CT molecular complexity index is 303. The van der Waals surface area contributed by atoms with E-state index in [0.29, 0.717) is 6.42 Å². The van der Waals surface area contributed by atoms with Crippen LogP contribution in [0.3, 0.4) is 0 Å². The monoisotopic (exact) mass is 246 g/mol. The second kappa shape index (κ2) is 4.18. The molecule has 0 aromatic carbocycles. The van der Waals surface area contributed by atoms with Crippen molar-refractivity contribution in [3.63, 3.8) is 0 Å². The van der Waals surface area contributed by atoms with E-state index in [-0.39, 0.29) is 11.5 Å². The maximum absolute atomic E-state index is 9.93. The fraction of sp³-hybridized carbons (Fsp3) is 0.900. The summed E-state index contributed by atoms with van der Waals surface area (Å²) < 4.78 is 5.73. The molecule has 0 spiro atoms. The first-order valence-electron chi connectivity index (χ1n) is 5.40. The van der Waals surface area contributed by atoms with Crippen molar-refractivity contribution in [2.24, 2.45) is 4.99 Å². The topological polar surface area (TPSA) is 74.1 Å². The van der Waals surface area contributed by atoms with E-state index in [9.17, 15) is 10.2 Å². The summed E-state index contributed by atoms with van der Waals surface area (Å²) in [5, 5.41) is 23.6. The van der Waals surface area contributed by atoms with Gasteiger partial charge < -0.3 is 20.3 Å². The summed E-state index contributed by atoms with van der Waals surface area (Å²) in [5.41, 5.74) is -1.13. The molecule has 0 aromatic heterocycles. The lowest BCUT2D eigenvalue weighted by Crippen LogP contribution is -2.53. The minimum atomic E-state index is -1.03. The predicted molar refractivity (Wildman–Crippen MR) is 63.5 cm³/mol. The predicted octanol–water partition coefficient (Wildman–Crippen LogP) is -0.0760. The Kier molecular flexibility index (Phi) is 3.18. The van der Waals surface area contributed by atoms with Crippen molar-refractivity contribution in [3.05, 3.63) is 0 Å². The molecule has 16 heavy (non-hydrogen) atoms. The van der Waals surface area contributed by atoms with E-state index in [2.05, 4.69) is 10.3 Å². The number of nitrogens with one attached hydrogen (secondary N) is 1. The van der Waals surface area contributed by atoms with Gasteiger partial charge in [0, 0.05) is 13.5 Å². The maximum Gasteiger partial charge on any atom is 0.159 e. The Hall–Kier alpha value is -0.300. The number of rotatable bonds is 1. The van der Waals surface area contributed by atoms with Crippen LogP contribution >= 0.6 is 11.8 Å². The number of nitrogens with zero attached hydrogens (tertiary/aromatic N) is 1. The summed E-state index contributed by atoms with van der Waals surface area (Å²) in [6.45, 7) is 3.31. The van der Waals surface area contributed by atoms with Gasteiger partial charge in [-0.15, -0.1) is 0 Å². The van der Waals surface area contributed by atoms with Crippen LogP contribution in [0, 0.1) is 0 Å². The van der Waals surface area contributed by atoms with Gasteiger partial charge in [0.25, 0.3) is 0 Å². The summed E-state index contributed by atoms with van der Waals surface area (Å²) in [6.07, 6.45) is -0.674. The van der Waals surface area contributed by atoms with Crippen LogP contribution in [0.25, 0.3) is 0 Å². The molecule has 0 bridgehead atoms. The molecular weight excluding hydrogens is 228 g/mol. The van der Waals surface area contributed by atoms with Gasteiger partial charge in [-0.2, -0.15) is 0 Å². The number of amidine groups is 1. The van der Waals surface area contributed by atoms with Gasteiger partial charge in [0.05, 0.1) is 17.7 Å². The molecule has 4 atom stereocenters. The summed E-state index contributed by atoms with van der Waals surface area (Å²) in [4.78, 5) is 4.40. The first kappa shape index (κ1) is 12.2. The minimum absolute atomic E-state index is 0.0129. The van der Waals surface area contributed by atoms with Crippen molar-refractivity contribution in [2.75, 3.05) is 7.05 Å². The molecule has 92 valence electrons. The zero-order valence-electron chi connectivity index (χ0n) is 9.67. The summed E-state index contributed by atoms with van der Waals surface area (Å²) in [7, 11) is 1.81. The lowest BCUT2D eigenvalue weighted by molar-refractivity contribution is -0.172. The molecule has 2 aliphatic heterocycles. The smallest absolute Gasteiger partial charge is 0.159 e. The molecule has 1 fully saturated rings. The van der Waals surface area contributed by atoms with E-state index in [4.69, 9.17) is 4.74 Å². The Morgan fingerprint density at radius 3 is 2.81 bits per heavy atom. The van der Waals surface area contributed by atoms with Gasteiger partial charge in [-0.3, -0.25) is 4.99 Å². The third-order valence-corrected chi connectivity index (χ3v) is 4.04. The molecule has 2 aliphatic rings. The van der Waals surface area contributed by atoms with E-state index < -0.39 is 17.8 Å². The average molecular weight is 246 g/mol. The summed E-state index contributed by atoms with van der Waals surface area (Å²) >= 11 is 1.51. The molecular formula is C10H18N2O3S. The van der Waals surface area contributed by atoms with Crippen molar-refractivity contribution in [3.8, 4) is 0 Å². The molecule has 0 amide bonds. The minimum Gasteiger partial charge on any atom is -0.390 e. The van der Waals surface area contributed by atoms with E-state index in [1.54, 1.807) is 13.8 Å². The Morgan fingerprint density at radius 1 is 1.56 bits per heavy atom. The zero-order valence-corrected chi connectivity index (χ0v) is 10.5. The standard InChI is InChI=1S/C10H18N2O3S/c1-10(2,14)7-6(13)4-5-8(15-7)16-9(11-3)12-5/h5-8,13-14H,4H2,1-3H3,(H,11,12)/t5-,6+,7+,8-/m1/s1. The molecule has 0 radical (unpaired) electrons. The van der Waals surface area contributed by atoms with Crippen LogP contribution in [-0.2, 0) is 4.74 Å². The van der Waals surface area contributed by atoms with Crippen molar-refractivity contribution >= 4 is 16.9 Å². The van der Waals surface area contributed by atoms with Crippen LogP contribution in [-0.4, -0.2) is 51.7 Å². The van der Waals surface area contributed by atoms with Crippen LogP contribution < -0.4 is 5.32 Å². The van der Waals surface area contributed by atoms with E-state index >= 15 is 0 Å². The fourth-order valence-corrected chi connectivity index (χ4v) is 3.12. The van der Waals surface area contributed by atoms with Crippen LogP contribution in [0.4, 0.5) is 0 Å². The van der Waals surface area contributed by atoms with E-state index in [0.717, 1.165) is 5.17 Å². The number of ether oxygens (including phenoxy) is 1. The van der Waals surface area contributed by atoms with Crippen molar-refractivity contribution < 1.29 is 14.9 Å². The van der Waals surface area contributed by atoms with Gasteiger partial charge in [0.1, 0.15) is 11.5 Å². The molecule has 0 saturated carbocycles. The normalized spacial score (nSPS) is 39.2. The van der Waals surface area contributed by atoms with Crippen LogP contribution in [0.5, 0.6) is 0 Å². The van der Waals surface area contributed by atoms with Gasteiger partial charge in [0.2, 0.25) is 0 Å². The quantitative estimate of drug-likeness (QED) is 0.603. The number of aliphatic hydroxyl groups is 2. The number of thioether (sulfide) groups is 1. The number of fused-ring (bicyclic) bond motifs is 1. The van der Waals surface area contributed by atoms with Gasteiger partial charge >= 0.3 is 0 Å². The molecule has 0 aromatic rings. The number of aliphatic hydroxyl groups excluding tert-OH is 1. The number of hydrogen-bond donors (Lipinski definition) is 3. The number of aliphatic imine (C=N–C) groups is 1. The highest BCUT2D eigenvalue weighted by Crippen LogP contribution is 2.38.